The van der Waals surface area contributed by atoms with Gasteiger partial charge in [0.05, 0.1) is 10.7 Å². The van der Waals surface area contributed by atoms with E-state index in [1.165, 1.54) is 19.3 Å². The van der Waals surface area contributed by atoms with E-state index in [0.717, 1.165) is 76.0 Å². The minimum Gasteiger partial charge on any atom is -0.487 e. The molecule has 4 saturated carbocycles. The van der Waals surface area contributed by atoms with E-state index in [0.29, 0.717) is 17.3 Å². The third-order valence-corrected chi connectivity index (χ3v) is 9.78. The van der Waals surface area contributed by atoms with Crippen molar-refractivity contribution in [1.29, 1.82) is 0 Å². The summed E-state index contributed by atoms with van der Waals surface area (Å²) in [7, 11) is 1.94. The van der Waals surface area contributed by atoms with Crippen LogP contribution in [-0.2, 0) is 25.0 Å². The molecule has 0 saturated heterocycles. The lowest BCUT2D eigenvalue weighted by Gasteiger charge is -2.55. The van der Waals surface area contributed by atoms with Gasteiger partial charge in [0.25, 0.3) is 0 Å². The fraction of sp³-hybridized carbons (Fsp3) is 0.438. The predicted molar refractivity (Wildman–Crippen MR) is 155 cm³/mol. The summed E-state index contributed by atoms with van der Waals surface area (Å²) < 4.78 is 8.25. The van der Waals surface area contributed by atoms with Gasteiger partial charge < -0.3 is 10.1 Å². The second-order valence-electron chi connectivity index (χ2n) is 12.2. The minimum atomic E-state index is -0.185. The van der Waals surface area contributed by atoms with Crippen LogP contribution >= 0.6 is 11.6 Å². The monoisotopic (exact) mass is 555 g/mol. The SMILES string of the molecule is Cc1cc(-c2ccnn2C)c2cccc(OCc3c(Cl)cncc3CNC(=O)C34CC5CC(CC(C5)C3)C4)c2n1. The zero-order chi connectivity index (χ0) is 27.4. The first-order valence-electron chi connectivity index (χ1n) is 14.3. The number of hydrogen-bond donors (Lipinski definition) is 1. The van der Waals surface area contributed by atoms with Crippen LogP contribution in [-0.4, -0.2) is 25.7 Å². The van der Waals surface area contributed by atoms with Gasteiger partial charge in [0.2, 0.25) is 5.91 Å². The van der Waals surface area contributed by atoms with Crippen molar-refractivity contribution in [2.24, 2.45) is 30.2 Å². The lowest BCUT2D eigenvalue weighted by Crippen LogP contribution is -2.53. The van der Waals surface area contributed by atoms with Crippen molar-refractivity contribution in [2.75, 3.05) is 0 Å². The Bertz CT molecular complexity index is 1580. The molecule has 1 amide bonds. The lowest BCUT2D eigenvalue weighted by atomic mass is 9.49. The maximum atomic E-state index is 13.6. The Morgan fingerprint density at radius 1 is 1.12 bits per heavy atom. The number of nitrogens with one attached hydrogen (secondary N) is 1. The summed E-state index contributed by atoms with van der Waals surface area (Å²) in [5.74, 6) is 3.07. The summed E-state index contributed by atoms with van der Waals surface area (Å²) >= 11 is 6.64. The van der Waals surface area contributed by atoms with E-state index >= 15 is 0 Å². The molecule has 4 bridgehead atoms. The fourth-order valence-electron chi connectivity index (χ4n) is 8.03. The van der Waals surface area contributed by atoms with Gasteiger partial charge in [0.1, 0.15) is 17.9 Å². The maximum absolute atomic E-state index is 13.6. The van der Waals surface area contributed by atoms with Gasteiger partial charge in [-0.1, -0.05) is 23.7 Å². The highest BCUT2D eigenvalue weighted by Gasteiger charge is 2.54. The van der Waals surface area contributed by atoms with Crippen molar-refractivity contribution in [3.05, 3.63) is 70.8 Å². The van der Waals surface area contributed by atoms with Gasteiger partial charge in [0, 0.05) is 59.8 Å². The molecular formula is C32H34ClN5O2. The molecule has 0 aliphatic heterocycles. The van der Waals surface area contributed by atoms with Crippen LogP contribution in [0.1, 0.15) is 55.3 Å². The van der Waals surface area contributed by atoms with Gasteiger partial charge in [-0.25, -0.2) is 4.98 Å². The van der Waals surface area contributed by atoms with Gasteiger partial charge in [-0.2, -0.15) is 5.10 Å². The molecule has 4 aliphatic carbocycles. The normalized spacial score (nSPS) is 24.9. The van der Waals surface area contributed by atoms with Crippen LogP contribution in [0.4, 0.5) is 0 Å². The second-order valence-corrected chi connectivity index (χ2v) is 12.6. The standard InChI is InChI=1S/C32H34ClN5O2/c1-19-8-25(28-6-7-36-38(28)2)24-4-3-5-29(30(24)37-19)40-18-26-23(15-34-17-27(26)33)16-35-31(39)32-12-20-9-21(13-32)11-22(10-20)14-32/h3-8,15,17,20-22H,9-14,16,18H2,1-2H3,(H,35,39). The zero-order valence-electron chi connectivity index (χ0n) is 23.0. The number of carbonyl (C=O) groups is 1. The van der Waals surface area contributed by atoms with Gasteiger partial charge in [-0.3, -0.25) is 14.5 Å². The number of halogens is 1. The summed E-state index contributed by atoms with van der Waals surface area (Å²) in [5, 5.41) is 9.14. The Hall–Kier alpha value is -3.45. The highest BCUT2D eigenvalue weighted by Crippen LogP contribution is 2.60. The number of rotatable bonds is 7. The summed E-state index contributed by atoms with van der Waals surface area (Å²) in [5.41, 5.74) is 5.29. The highest BCUT2D eigenvalue weighted by molar-refractivity contribution is 6.31. The lowest BCUT2D eigenvalue weighted by molar-refractivity contribution is -0.146. The van der Waals surface area contributed by atoms with Crippen LogP contribution in [0.25, 0.3) is 22.2 Å². The van der Waals surface area contributed by atoms with Gasteiger partial charge >= 0.3 is 0 Å². The summed E-state index contributed by atoms with van der Waals surface area (Å²) in [6.07, 6.45) is 12.3. The van der Waals surface area contributed by atoms with E-state index in [9.17, 15) is 4.79 Å². The van der Waals surface area contributed by atoms with Crippen LogP contribution in [0.5, 0.6) is 5.75 Å². The third-order valence-electron chi connectivity index (χ3n) is 9.45. The number of para-hydroxylation sites is 1. The van der Waals surface area contributed by atoms with Crippen LogP contribution in [0.15, 0.2) is 48.9 Å². The number of benzene rings is 1. The van der Waals surface area contributed by atoms with Gasteiger partial charge in [-0.05, 0) is 87.0 Å². The van der Waals surface area contributed by atoms with Crippen molar-refractivity contribution >= 4 is 28.4 Å². The van der Waals surface area contributed by atoms with E-state index in [-0.39, 0.29) is 17.9 Å². The third kappa shape index (κ3) is 4.44. The number of aromatic nitrogens is 4. The molecule has 40 heavy (non-hydrogen) atoms. The molecule has 7 nitrogen and oxygen atoms in total. The Morgan fingerprint density at radius 3 is 2.58 bits per heavy atom. The summed E-state index contributed by atoms with van der Waals surface area (Å²) in [6, 6.07) is 10.1. The van der Waals surface area contributed by atoms with E-state index in [4.69, 9.17) is 21.3 Å². The average molecular weight is 556 g/mol. The maximum Gasteiger partial charge on any atom is 0.226 e. The summed E-state index contributed by atoms with van der Waals surface area (Å²) in [6.45, 7) is 2.63. The Balaban J connectivity index is 1.12. The number of fused-ring (bicyclic) bond motifs is 1. The number of aryl methyl sites for hydroxylation is 2. The molecule has 1 aromatic carbocycles. The quantitative estimate of drug-likeness (QED) is 0.285. The predicted octanol–water partition coefficient (Wildman–Crippen LogP) is 6.40. The first-order valence-corrected chi connectivity index (χ1v) is 14.7. The first kappa shape index (κ1) is 25.5. The Labute approximate surface area is 239 Å². The van der Waals surface area contributed by atoms with Crippen LogP contribution < -0.4 is 10.1 Å². The Kier molecular flexibility index (Phi) is 6.30. The molecule has 0 spiro atoms. The van der Waals surface area contributed by atoms with E-state index in [2.05, 4.69) is 27.5 Å². The molecule has 1 N–H and O–H groups in total. The molecule has 8 rings (SSSR count). The molecule has 8 heteroatoms. The Morgan fingerprint density at radius 2 is 1.88 bits per heavy atom. The van der Waals surface area contributed by atoms with Crippen molar-refractivity contribution < 1.29 is 9.53 Å². The van der Waals surface area contributed by atoms with Crippen LogP contribution in [0, 0.1) is 30.1 Å². The highest BCUT2D eigenvalue weighted by atomic mass is 35.5. The number of hydrogen-bond acceptors (Lipinski definition) is 5. The largest absolute Gasteiger partial charge is 0.487 e. The molecule has 3 aromatic heterocycles. The average Bonchev–Trinajstić information content (AvgIpc) is 3.35. The van der Waals surface area contributed by atoms with Gasteiger partial charge in [0.15, 0.2) is 0 Å². The molecule has 3 heterocycles. The smallest absolute Gasteiger partial charge is 0.226 e. The molecule has 206 valence electrons. The number of ether oxygens (including phenoxy) is 1. The first-order chi connectivity index (χ1) is 19.4. The van der Waals surface area contributed by atoms with E-state index in [1.807, 2.05) is 36.9 Å². The number of nitrogens with zero attached hydrogens (tertiary/aromatic N) is 4. The van der Waals surface area contributed by atoms with Crippen LogP contribution in [0.3, 0.4) is 0 Å². The number of pyridine rings is 2. The van der Waals surface area contributed by atoms with Gasteiger partial charge in [-0.15, -0.1) is 0 Å². The molecule has 0 atom stereocenters. The van der Waals surface area contributed by atoms with E-state index in [1.54, 1.807) is 18.6 Å². The second kappa shape index (κ2) is 9.88. The van der Waals surface area contributed by atoms with Crippen molar-refractivity contribution in [2.45, 2.75) is 58.6 Å². The van der Waals surface area contributed by atoms with E-state index < -0.39 is 0 Å². The topological polar surface area (TPSA) is 81.9 Å². The summed E-state index contributed by atoms with van der Waals surface area (Å²) in [4.78, 5) is 22.7. The number of carbonyl (C=O) groups excluding carboxylic acids is 1. The molecule has 4 aromatic rings. The van der Waals surface area contributed by atoms with Crippen LogP contribution in [0.2, 0.25) is 5.02 Å². The van der Waals surface area contributed by atoms with Crippen molar-refractivity contribution in [3.63, 3.8) is 0 Å². The number of amides is 1. The fourth-order valence-corrected chi connectivity index (χ4v) is 8.27. The molecule has 4 fully saturated rings. The molecular weight excluding hydrogens is 522 g/mol. The molecule has 0 radical (unpaired) electrons. The minimum absolute atomic E-state index is 0.185. The van der Waals surface area contributed by atoms with Crippen molar-refractivity contribution in [1.82, 2.24) is 25.1 Å². The van der Waals surface area contributed by atoms with Crippen molar-refractivity contribution in [3.8, 4) is 17.0 Å². The molecule has 4 aliphatic rings. The zero-order valence-corrected chi connectivity index (χ0v) is 23.7. The molecule has 0 unspecified atom stereocenters.